The number of nitrogens with zero attached hydrogens (tertiary/aromatic N) is 3. The number of rotatable bonds is 2. The SMILES string of the molecule is CO[n+]1ccnn1-c1ccccc1. The second kappa shape index (κ2) is 3.26. The van der Waals surface area contributed by atoms with E-state index in [1.165, 1.54) is 0 Å². The van der Waals surface area contributed by atoms with Gasteiger partial charge in [-0.3, -0.25) is 0 Å². The van der Waals surface area contributed by atoms with Crippen LogP contribution in [0, 0.1) is 0 Å². The van der Waals surface area contributed by atoms with Gasteiger partial charge in [-0.1, -0.05) is 18.2 Å². The molecular formula is C9H10N3O+. The monoisotopic (exact) mass is 176 g/mol. The fourth-order valence-corrected chi connectivity index (χ4v) is 1.14. The lowest BCUT2D eigenvalue weighted by Gasteiger charge is -1.97. The minimum atomic E-state index is 0.967. The van der Waals surface area contributed by atoms with Crippen LogP contribution in [0.25, 0.3) is 5.69 Å². The van der Waals surface area contributed by atoms with Crippen molar-refractivity contribution in [3.05, 3.63) is 42.7 Å². The van der Waals surface area contributed by atoms with E-state index in [4.69, 9.17) is 4.84 Å². The number of para-hydroxylation sites is 1. The van der Waals surface area contributed by atoms with E-state index in [-0.39, 0.29) is 0 Å². The van der Waals surface area contributed by atoms with E-state index in [1.54, 1.807) is 29.1 Å². The molecule has 0 saturated heterocycles. The quantitative estimate of drug-likeness (QED) is 0.613. The Balaban J connectivity index is 2.47. The molecular weight excluding hydrogens is 166 g/mol. The van der Waals surface area contributed by atoms with Crippen molar-refractivity contribution in [3.63, 3.8) is 0 Å². The third-order valence-electron chi connectivity index (χ3n) is 1.73. The zero-order valence-electron chi connectivity index (χ0n) is 7.29. The van der Waals surface area contributed by atoms with Crippen LogP contribution < -0.4 is 9.68 Å². The average Bonchev–Trinajstić information content (AvgIpc) is 2.67. The molecule has 13 heavy (non-hydrogen) atoms. The molecule has 0 saturated carbocycles. The molecule has 0 atom stereocenters. The van der Waals surface area contributed by atoms with Gasteiger partial charge >= 0.3 is 0 Å². The first-order valence-electron chi connectivity index (χ1n) is 3.97. The van der Waals surface area contributed by atoms with Crippen molar-refractivity contribution in [2.24, 2.45) is 0 Å². The molecule has 0 fully saturated rings. The Kier molecular flexibility index (Phi) is 1.96. The second-order valence-corrected chi connectivity index (χ2v) is 2.52. The zero-order valence-corrected chi connectivity index (χ0v) is 7.29. The summed E-state index contributed by atoms with van der Waals surface area (Å²) in [5, 5.41) is 4.11. The van der Waals surface area contributed by atoms with Gasteiger partial charge < -0.3 is 4.84 Å². The summed E-state index contributed by atoms with van der Waals surface area (Å²) in [7, 11) is 1.60. The molecule has 0 bridgehead atoms. The highest BCUT2D eigenvalue weighted by Gasteiger charge is 2.09. The summed E-state index contributed by atoms with van der Waals surface area (Å²) in [5.41, 5.74) is 0.967. The highest BCUT2D eigenvalue weighted by molar-refractivity contribution is 5.27. The minimum absolute atomic E-state index is 0.967. The summed E-state index contributed by atoms with van der Waals surface area (Å²) in [6.45, 7) is 0. The largest absolute Gasteiger partial charge is 0.320 e. The maximum absolute atomic E-state index is 5.06. The predicted molar refractivity (Wildman–Crippen MR) is 46.3 cm³/mol. The van der Waals surface area contributed by atoms with Crippen LogP contribution in [0.2, 0.25) is 0 Å². The first kappa shape index (κ1) is 7.79. The number of hydrogen-bond donors (Lipinski definition) is 0. The van der Waals surface area contributed by atoms with Gasteiger partial charge in [0.2, 0.25) is 12.4 Å². The van der Waals surface area contributed by atoms with Gasteiger partial charge in [-0.25, -0.2) is 0 Å². The molecule has 4 nitrogen and oxygen atoms in total. The second-order valence-electron chi connectivity index (χ2n) is 2.52. The molecule has 0 spiro atoms. The van der Waals surface area contributed by atoms with E-state index in [0.717, 1.165) is 5.69 Å². The van der Waals surface area contributed by atoms with Gasteiger partial charge in [-0.15, -0.1) is 0 Å². The zero-order chi connectivity index (χ0) is 9.10. The normalized spacial score (nSPS) is 9.92. The maximum atomic E-state index is 5.06. The molecule has 1 aromatic carbocycles. The van der Waals surface area contributed by atoms with Gasteiger partial charge in [0.25, 0.3) is 0 Å². The molecule has 2 rings (SSSR count). The smallest absolute Gasteiger partial charge is 0.211 e. The molecule has 1 aromatic heterocycles. The van der Waals surface area contributed by atoms with Crippen molar-refractivity contribution in [1.82, 2.24) is 9.90 Å². The van der Waals surface area contributed by atoms with Crippen LogP contribution in [0.1, 0.15) is 0 Å². The van der Waals surface area contributed by atoms with Gasteiger partial charge in [0, 0.05) is 14.7 Å². The van der Waals surface area contributed by atoms with Crippen LogP contribution in [0.4, 0.5) is 0 Å². The third kappa shape index (κ3) is 1.38. The van der Waals surface area contributed by atoms with Gasteiger partial charge in [-0.2, -0.15) is 0 Å². The third-order valence-corrected chi connectivity index (χ3v) is 1.73. The highest BCUT2D eigenvalue weighted by Crippen LogP contribution is 2.00. The van der Waals surface area contributed by atoms with Gasteiger partial charge in [-0.05, 0) is 12.1 Å². The summed E-state index contributed by atoms with van der Waals surface area (Å²) in [4.78, 5) is 8.27. The molecule has 4 heteroatoms. The van der Waals surface area contributed by atoms with E-state index in [2.05, 4.69) is 5.10 Å². The molecule has 0 aliphatic carbocycles. The van der Waals surface area contributed by atoms with Crippen LogP contribution in [0.5, 0.6) is 0 Å². The van der Waals surface area contributed by atoms with Gasteiger partial charge in [0.1, 0.15) is 12.8 Å². The van der Waals surface area contributed by atoms with Crippen LogP contribution in [-0.2, 0) is 0 Å². The molecule has 0 amide bonds. The lowest BCUT2D eigenvalue weighted by molar-refractivity contribution is -0.942. The summed E-state index contributed by atoms with van der Waals surface area (Å²) >= 11 is 0. The van der Waals surface area contributed by atoms with Gasteiger partial charge in [0.05, 0.1) is 0 Å². The van der Waals surface area contributed by atoms with Crippen LogP contribution in [0.3, 0.4) is 0 Å². The number of hydrogen-bond acceptors (Lipinski definition) is 2. The molecule has 2 aromatic rings. The minimum Gasteiger partial charge on any atom is -0.320 e. The first-order chi connectivity index (χ1) is 6.42. The van der Waals surface area contributed by atoms with Crippen LogP contribution >= 0.6 is 0 Å². The molecule has 66 valence electrons. The molecule has 0 unspecified atom stereocenters. The number of benzene rings is 1. The summed E-state index contributed by atoms with van der Waals surface area (Å²) < 4.78 is 0. The average molecular weight is 176 g/mol. The summed E-state index contributed by atoms with van der Waals surface area (Å²) in [6, 6.07) is 9.79. The topological polar surface area (TPSA) is 30.9 Å². The van der Waals surface area contributed by atoms with Crippen molar-refractivity contribution >= 4 is 0 Å². The van der Waals surface area contributed by atoms with Crippen molar-refractivity contribution in [2.75, 3.05) is 7.11 Å². The van der Waals surface area contributed by atoms with E-state index in [0.29, 0.717) is 0 Å². The van der Waals surface area contributed by atoms with Crippen molar-refractivity contribution in [2.45, 2.75) is 0 Å². The molecule has 0 aliphatic rings. The van der Waals surface area contributed by atoms with Crippen molar-refractivity contribution < 1.29 is 9.68 Å². The maximum Gasteiger partial charge on any atom is 0.211 e. The fourth-order valence-electron chi connectivity index (χ4n) is 1.14. The van der Waals surface area contributed by atoms with Crippen molar-refractivity contribution in [1.29, 1.82) is 0 Å². The fraction of sp³-hybridized carbons (Fsp3) is 0.111. The van der Waals surface area contributed by atoms with Gasteiger partial charge in [0.15, 0.2) is 0 Å². The van der Waals surface area contributed by atoms with Crippen LogP contribution in [0.15, 0.2) is 42.7 Å². The molecule has 0 aliphatic heterocycles. The highest BCUT2D eigenvalue weighted by atomic mass is 16.7. The lowest BCUT2D eigenvalue weighted by atomic mass is 10.3. The standard InChI is InChI=1S/C9H10N3O/c1-13-11-8-7-10-12(11)9-5-3-2-4-6-9/h2-8H,1H3/q+1. The predicted octanol–water partition coefficient (Wildman–Crippen LogP) is 0.218. The van der Waals surface area contributed by atoms with Crippen LogP contribution in [-0.4, -0.2) is 17.0 Å². The van der Waals surface area contributed by atoms with E-state index in [9.17, 15) is 0 Å². The van der Waals surface area contributed by atoms with E-state index >= 15 is 0 Å². The summed E-state index contributed by atoms with van der Waals surface area (Å²) in [6.07, 6.45) is 3.42. The van der Waals surface area contributed by atoms with E-state index in [1.807, 2.05) is 30.3 Å². The summed E-state index contributed by atoms with van der Waals surface area (Å²) in [5.74, 6) is 0. The lowest BCUT2D eigenvalue weighted by Crippen LogP contribution is -2.47. The Morgan fingerprint density at radius 3 is 2.77 bits per heavy atom. The Morgan fingerprint density at radius 2 is 2.08 bits per heavy atom. The Morgan fingerprint density at radius 1 is 1.31 bits per heavy atom. The molecule has 1 heterocycles. The van der Waals surface area contributed by atoms with E-state index < -0.39 is 0 Å². The number of aromatic nitrogens is 3. The first-order valence-corrected chi connectivity index (χ1v) is 3.97. The Hall–Kier alpha value is -1.84. The Labute approximate surface area is 75.9 Å². The molecule has 0 N–H and O–H groups in total. The Bertz CT molecular complexity index is 383. The molecule has 0 radical (unpaired) electrons. The van der Waals surface area contributed by atoms with Crippen molar-refractivity contribution in [3.8, 4) is 5.69 Å².